The number of phenols is 1. The summed E-state index contributed by atoms with van der Waals surface area (Å²) in [7, 11) is 1.51. The van der Waals surface area contributed by atoms with Gasteiger partial charge in [-0.2, -0.15) is 0 Å². The third kappa shape index (κ3) is 4.58. The maximum Gasteiger partial charge on any atom is 0.293 e. The van der Waals surface area contributed by atoms with Gasteiger partial charge in [-0.25, -0.2) is 0 Å². The predicted molar refractivity (Wildman–Crippen MR) is 107 cm³/mol. The van der Waals surface area contributed by atoms with E-state index in [0.717, 1.165) is 5.56 Å². The van der Waals surface area contributed by atoms with Gasteiger partial charge >= 0.3 is 0 Å². The lowest BCUT2D eigenvalue weighted by atomic mass is 10.2. The highest BCUT2D eigenvalue weighted by atomic mass is 35.5. The van der Waals surface area contributed by atoms with Crippen LogP contribution in [0.5, 0.6) is 11.5 Å². The van der Waals surface area contributed by atoms with Crippen molar-refractivity contribution in [3.63, 3.8) is 0 Å². The Morgan fingerprint density at radius 3 is 2.59 bits per heavy atom. The number of amides is 1. The van der Waals surface area contributed by atoms with E-state index in [-0.39, 0.29) is 16.6 Å². The van der Waals surface area contributed by atoms with Gasteiger partial charge in [0.2, 0.25) is 0 Å². The molecule has 3 aromatic rings. The average molecular weight is 403 g/mol. The van der Waals surface area contributed by atoms with E-state index in [0.29, 0.717) is 22.2 Å². The Labute approximate surface area is 165 Å². The summed E-state index contributed by atoms with van der Waals surface area (Å²) < 4.78 is 10.7. The molecule has 1 aromatic heterocycles. The number of hydrogen-bond donors (Lipinski definition) is 3. The number of phenolic OH excluding ortho intramolecular Hbond substituents is 1. The summed E-state index contributed by atoms with van der Waals surface area (Å²) in [6, 6.07) is 14.9. The molecule has 0 bridgehead atoms. The van der Waals surface area contributed by atoms with Crippen LogP contribution < -0.4 is 15.4 Å². The lowest BCUT2D eigenvalue weighted by Crippen LogP contribution is -2.33. The number of anilines is 1. The van der Waals surface area contributed by atoms with Crippen LogP contribution in [0.15, 0.2) is 59.0 Å². The molecule has 27 heavy (non-hydrogen) atoms. The summed E-state index contributed by atoms with van der Waals surface area (Å²) in [5.41, 5.74) is 1.10. The van der Waals surface area contributed by atoms with Crippen molar-refractivity contribution in [2.75, 3.05) is 12.4 Å². The zero-order valence-electron chi connectivity index (χ0n) is 14.2. The van der Waals surface area contributed by atoms with Crippen molar-refractivity contribution in [1.82, 2.24) is 5.32 Å². The number of thiocarbonyl (C=S) groups is 1. The van der Waals surface area contributed by atoms with Crippen LogP contribution in [-0.4, -0.2) is 23.2 Å². The molecular weight excluding hydrogens is 388 g/mol. The zero-order chi connectivity index (χ0) is 19.4. The van der Waals surface area contributed by atoms with Crippen LogP contribution in [0.4, 0.5) is 5.69 Å². The lowest BCUT2D eigenvalue weighted by molar-refractivity contribution is 0.0951. The molecule has 8 heteroatoms. The first kappa shape index (κ1) is 18.8. The minimum atomic E-state index is -0.518. The molecule has 0 saturated heterocycles. The maximum atomic E-state index is 12.3. The van der Waals surface area contributed by atoms with Gasteiger partial charge in [0.25, 0.3) is 5.91 Å². The number of carbonyl (C=O) groups is 1. The second-order valence-electron chi connectivity index (χ2n) is 5.46. The summed E-state index contributed by atoms with van der Waals surface area (Å²) >= 11 is 11.0. The molecule has 0 aliphatic heterocycles. The number of aromatic hydroxyl groups is 1. The minimum absolute atomic E-state index is 0.00740. The predicted octanol–water partition coefficient (Wildman–Crippen LogP) is 4.44. The number of hydrogen-bond acceptors (Lipinski definition) is 5. The second-order valence-corrected chi connectivity index (χ2v) is 6.31. The van der Waals surface area contributed by atoms with Crippen molar-refractivity contribution in [2.45, 2.75) is 0 Å². The van der Waals surface area contributed by atoms with Crippen LogP contribution in [0.3, 0.4) is 0 Å². The van der Waals surface area contributed by atoms with Gasteiger partial charge in [-0.1, -0.05) is 11.6 Å². The van der Waals surface area contributed by atoms with Gasteiger partial charge in [-0.05, 0) is 60.7 Å². The van der Waals surface area contributed by atoms with E-state index in [1.54, 1.807) is 48.5 Å². The molecule has 0 unspecified atom stereocenters. The van der Waals surface area contributed by atoms with Gasteiger partial charge in [0.1, 0.15) is 17.3 Å². The summed E-state index contributed by atoms with van der Waals surface area (Å²) in [6.07, 6.45) is 0. The van der Waals surface area contributed by atoms with Crippen molar-refractivity contribution >= 4 is 40.5 Å². The molecule has 0 atom stereocenters. The molecule has 0 saturated carbocycles. The number of methoxy groups -OCH3 is 1. The highest BCUT2D eigenvalue weighted by Gasteiger charge is 2.14. The normalized spacial score (nSPS) is 10.3. The quantitative estimate of drug-likeness (QED) is 0.442. The molecule has 6 nitrogen and oxygen atoms in total. The Morgan fingerprint density at radius 1 is 1.15 bits per heavy atom. The molecule has 1 amide bonds. The van der Waals surface area contributed by atoms with Gasteiger partial charge in [0.15, 0.2) is 10.9 Å². The Bertz CT molecular complexity index is 986. The fraction of sp³-hybridized carbons (Fsp3) is 0.0526. The first-order valence-electron chi connectivity index (χ1n) is 7.81. The largest absolute Gasteiger partial charge is 0.506 e. The number of rotatable bonds is 4. The first-order chi connectivity index (χ1) is 13.0. The van der Waals surface area contributed by atoms with Crippen molar-refractivity contribution in [3.05, 3.63) is 65.4 Å². The smallest absolute Gasteiger partial charge is 0.293 e. The van der Waals surface area contributed by atoms with E-state index < -0.39 is 5.91 Å². The monoisotopic (exact) mass is 402 g/mol. The molecule has 0 radical (unpaired) electrons. The van der Waals surface area contributed by atoms with Crippen molar-refractivity contribution < 1.29 is 19.1 Å². The van der Waals surface area contributed by atoms with Gasteiger partial charge in [-0.15, -0.1) is 0 Å². The van der Waals surface area contributed by atoms with Crippen LogP contribution in [-0.2, 0) is 0 Å². The van der Waals surface area contributed by atoms with Crippen molar-refractivity contribution in [2.24, 2.45) is 0 Å². The second kappa shape index (κ2) is 8.11. The van der Waals surface area contributed by atoms with Gasteiger partial charge in [0, 0.05) is 16.7 Å². The third-order valence-corrected chi connectivity index (χ3v) is 4.09. The minimum Gasteiger partial charge on any atom is -0.506 e. The van der Waals surface area contributed by atoms with Crippen LogP contribution in [0.1, 0.15) is 10.6 Å². The molecule has 0 aliphatic carbocycles. The van der Waals surface area contributed by atoms with Crippen molar-refractivity contribution in [3.8, 4) is 22.8 Å². The molecule has 2 aromatic carbocycles. The molecule has 0 spiro atoms. The first-order valence-corrected chi connectivity index (χ1v) is 8.60. The number of benzene rings is 2. The summed E-state index contributed by atoms with van der Waals surface area (Å²) in [6.45, 7) is 0. The Kier molecular flexibility index (Phi) is 5.63. The molecule has 3 N–H and O–H groups in total. The average Bonchev–Trinajstić information content (AvgIpc) is 3.14. The third-order valence-electron chi connectivity index (χ3n) is 3.64. The van der Waals surface area contributed by atoms with Crippen molar-refractivity contribution in [1.29, 1.82) is 0 Å². The fourth-order valence-corrected chi connectivity index (χ4v) is 2.62. The van der Waals surface area contributed by atoms with Gasteiger partial charge in [0.05, 0.1) is 12.8 Å². The summed E-state index contributed by atoms with van der Waals surface area (Å²) in [4.78, 5) is 12.3. The fourth-order valence-electron chi connectivity index (χ4n) is 2.29. The van der Waals surface area contributed by atoms with Gasteiger partial charge in [-0.3, -0.25) is 10.1 Å². The van der Waals surface area contributed by atoms with Crippen LogP contribution in [0.2, 0.25) is 5.02 Å². The van der Waals surface area contributed by atoms with Gasteiger partial charge < -0.3 is 19.6 Å². The van der Waals surface area contributed by atoms with E-state index in [2.05, 4.69) is 10.6 Å². The van der Waals surface area contributed by atoms with E-state index in [1.807, 2.05) is 0 Å². The highest BCUT2D eigenvalue weighted by molar-refractivity contribution is 7.80. The Balaban J connectivity index is 1.67. The summed E-state index contributed by atoms with van der Waals surface area (Å²) in [5.74, 6) is 0.605. The van der Waals surface area contributed by atoms with E-state index in [9.17, 15) is 9.90 Å². The topological polar surface area (TPSA) is 83.7 Å². The molecule has 3 rings (SSSR count). The molecule has 1 heterocycles. The van der Waals surface area contributed by atoms with E-state index >= 15 is 0 Å². The van der Waals surface area contributed by atoms with E-state index in [4.69, 9.17) is 33.0 Å². The van der Waals surface area contributed by atoms with Crippen LogP contribution in [0.25, 0.3) is 11.3 Å². The number of nitrogens with one attached hydrogen (secondary N) is 2. The SMILES string of the molecule is COc1ccc(O)c(NC(=S)NC(=O)c2ccc(-c3ccc(Cl)cc3)o2)c1. The Morgan fingerprint density at radius 2 is 1.89 bits per heavy atom. The highest BCUT2D eigenvalue weighted by Crippen LogP contribution is 2.28. The number of carbonyl (C=O) groups excluding carboxylic acids is 1. The number of ether oxygens (including phenoxy) is 1. The molecular formula is C19H15ClN2O4S. The van der Waals surface area contributed by atoms with E-state index in [1.165, 1.54) is 13.2 Å². The Hall–Kier alpha value is -3.03. The van der Waals surface area contributed by atoms with Crippen LogP contribution >= 0.6 is 23.8 Å². The molecule has 138 valence electrons. The standard InChI is InChI=1S/C19H15ClN2O4S/c1-25-13-6-7-15(23)14(10-13)21-19(27)22-18(24)17-9-8-16(26-17)11-2-4-12(20)5-3-11/h2-10,23H,1H3,(H2,21,22,24,27). The number of halogens is 1. The zero-order valence-corrected chi connectivity index (χ0v) is 15.7. The molecule has 0 fully saturated rings. The maximum absolute atomic E-state index is 12.3. The number of furan rings is 1. The summed E-state index contributed by atoms with van der Waals surface area (Å²) in [5, 5.41) is 15.7. The lowest BCUT2D eigenvalue weighted by Gasteiger charge is -2.11. The van der Waals surface area contributed by atoms with Crippen LogP contribution in [0, 0.1) is 0 Å². The molecule has 0 aliphatic rings.